The SMILES string of the molecule is O=S(=O)(Nc1ccc(-n2cccn2)nc1)c1ccn[nH]1. The van der Waals surface area contributed by atoms with E-state index in [0.29, 0.717) is 11.5 Å². The molecule has 3 heterocycles. The number of sulfonamides is 1. The molecule has 0 fully saturated rings. The number of aromatic amines is 1. The van der Waals surface area contributed by atoms with Crippen LogP contribution in [-0.4, -0.2) is 33.4 Å². The number of H-pyrrole nitrogens is 1. The molecule has 0 aliphatic rings. The summed E-state index contributed by atoms with van der Waals surface area (Å²) < 4.78 is 27.9. The summed E-state index contributed by atoms with van der Waals surface area (Å²) in [7, 11) is -3.67. The van der Waals surface area contributed by atoms with Crippen LogP contribution in [0.15, 0.2) is 54.1 Å². The van der Waals surface area contributed by atoms with Gasteiger partial charge in [-0.05, 0) is 24.3 Å². The third kappa shape index (κ3) is 2.38. The number of hydrogen-bond acceptors (Lipinski definition) is 5. The molecule has 3 aromatic rings. The van der Waals surface area contributed by atoms with Gasteiger partial charge in [0.05, 0.1) is 18.1 Å². The van der Waals surface area contributed by atoms with Crippen molar-refractivity contribution in [1.82, 2.24) is 25.0 Å². The highest BCUT2D eigenvalue weighted by atomic mass is 32.2. The van der Waals surface area contributed by atoms with Crippen molar-refractivity contribution in [1.29, 1.82) is 0 Å². The fourth-order valence-corrected chi connectivity index (χ4v) is 2.54. The molecule has 102 valence electrons. The molecule has 0 unspecified atom stereocenters. The first-order valence-electron chi connectivity index (χ1n) is 5.63. The Labute approximate surface area is 114 Å². The van der Waals surface area contributed by atoms with Crippen molar-refractivity contribution in [3.8, 4) is 5.82 Å². The van der Waals surface area contributed by atoms with Gasteiger partial charge in [0.2, 0.25) is 0 Å². The van der Waals surface area contributed by atoms with Crippen LogP contribution in [0.5, 0.6) is 0 Å². The molecule has 8 nitrogen and oxygen atoms in total. The van der Waals surface area contributed by atoms with E-state index in [1.807, 2.05) is 0 Å². The Morgan fingerprint density at radius 3 is 2.70 bits per heavy atom. The lowest BCUT2D eigenvalue weighted by molar-refractivity contribution is 0.597. The van der Waals surface area contributed by atoms with E-state index >= 15 is 0 Å². The van der Waals surface area contributed by atoms with Crippen molar-refractivity contribution < 1.29 is 8.42 Å². The van der Waals surface area contributed by atoms with Gasteiger partial charge in [-0.25, -0.2) is 9.67 Å². The van der Waals surface area contributed by atoms with E-state index in [-0.39, 0.29) is 5.03 Å². The first kappa shape index (κ1) is 12.4. The number of pyridine rings is 1. The van der Waals surface area contributed by atoms with Crippen molar-refractivity contribution in [3.05, 3.63) is 49.1 Å². The number of hydrogen-bond donors (Lipinski definition) is 2. The summed E-state index contributed by atoms with van der Waals surface area (Å²) in [5.41, 5.74) is 0.357. The van der Waals surface area contributed by atoms with Crippen LogP contribution in [0.1, 0.15) is 0 Å². The van der Waals surface area contributed by atoms with Gasteiger partial charge in [0.25, 0.3) is 10.0 Å². The van der Waals surface area contributed by atoms with Crippen LogP contribution in [-0.2, 0) is 10.0 Å². The first-order chi connectivity index (χ1) is 9.65. The molecular formula is C11H10N6O2S. The monoisotopic (exact) mass is 290 g/mol. The van der Waals surface area contributed by atoms with E-state index < -0.39 is 10.0 Å². The minimum atomic E-state index is -3.67. The Morgan fingerprint density at radius 1 is 1.20 bits per heavy atom. The molecule has 0 spiro atoms. The number of nitrogens with one attached hydrogen (secondary N) is 2. The molecule has 0 aromatic carbocycles. The van der Waals surface area contributed by atoms with E-state index in [2.05, 4.69) is 25.0 Å². The zero-order chi connectivity index (χ0) is 14.0. The van der Waals surface area contributed by atoms with E-state index in [9.17, 15) is 8.42 Å². The quantitative estimate of drug-likeness (QED) is 0.739. The van der Waals surface area contributed by atoms with Crippen LogP contribution in [0.4, 0.5) is 5.69 Å². The minimum Gasteiger partial charge on any atom is -0.277 e. The number of anilines is 1. The molecule has 0 bridgehead atoms. The lowest BCUT2D eigenvalue weighted by Gasteiger charge is -2.06. The van der Waals surface area contributed by atoms with Crippen LogP contribution in [0.2, 0.25) is 0 Å². The van der Waals surface area contributed by atoms with Gasteiger partial charge in [-0.2, -0.15) is 18.6 Å². The zero-order valence-corrected chi connectivity index (χ0v) is 10.9. The summed E-state index contributed by atoms with van der Waals surface area (Å²) in [6, 6.07) is 6.42. The Balaban J connectivity index is 1.83. The molecule has 0 amide bonds. The largest absolute Gasteiger partial charge is 0.278 e. The van der Waals surface area contributed by atoms with Crippen LogP contribution >= 0.6 is 0 Å². The fourth-order valence-electron chi connectivity index (χ4n) is 1.59. The highest BCUT2D eigenvalue weighted by Crippen LogP contribution is 2.14. The van der Waals surface area contributed by atoms with Crippen molar-refractivity contribution in [3.63, 3.8) is 0 Å². The second kappa shape index (κ2) is 4.78. The van der Waals surface area contributed by atoms with Crippen molar-refractivity contribution in [2.24, 2.45) is 0 Å². The topological polar surface area (TPSA) is 106 Å². The molecule has 0 aliphatic carbocycles. The summed E-state index contributed by atoms with van der Waals surface area (Å²) in [5.74, 6) is 0.597. The highest BCUT2D eigenvalue weighted by molar-refractivity contribution is 7.92. The number of rotatable bonds is 4. The Hall–Kier alpha value is -2.68. The Bertz CT molecular complexity index is 778. The number of nitrogens with zero attached hydrogens (tertiary/aromatic N) is 4. The second-order valence-corrected chi connectivity index (χ2v) is 5.53. The number of aromatic nitrogens is 5. The van der Waals surface area contributed by atoms with Crippen molar-refractivity contribution in [2.45, 2.75) is 5.03 Å². The van der Waals surface area contributed by atoms with Gasteiger partial charge in [-0.3, -0.25) is 9.82 Å². The maximum atomic E-state index is 11.9. The minimum absolute atomic E-state index is 0.00588. The summed E-state index contributed by atoms with van der Waals surface area (Å²) in [4.78, 5) is 4.13. The molecule has 0 saturated heterocycles. The molecule has 9 heteroatoms. The predicted molar refractivity (Wildman–Crippen MR) is 70.8 cm³/mol. The average Bonchev–Trinajstić information content (AvgIpc) is 3.13. The molecule has 0 atom stereocenters. The summed E-state index contributed by atoms with van der Waals surface area (Å²) in [5, 5.41) is 10.0. The molecule has 0 saturated carbocycles. The molecular weight excluding hydrogens is 280 g/mol. The van der Waals surface area contributed by atoms with Crippen molar-refractivity contribution >= 4 is 15.7 Å². The van der Waals surface area contributed by atoms with Gasteiger partial charge in [0, 0.05) is 12.4 Å². The third-order valence-corrected chi connectivity index (χ3v) is 3.81. The van der Waals surface area contributed by atoms with Crippen LogP contribution in [0, 0.1) is 0 Å². The van der Waals surface area contributed by atoms with Crippen LogP contribution in [0.25, 0.3) is 5.82 Å². The lowest BCUT2D eigenvalue weighted by atomic mass is 10.4. The average molecular weight is 290 g/mol. The summed E-state index contributed by atoms with van der Waals surface area (Å²) in [6.07, 6.45) is 6.17. The van der Waals surface area contributed by atoms with Gasteiger partial charge in [-0.15, -0.1) is 0 Å². The molecule has 0 radical (unpaired) electrons. The van der Waals surface area contributed by atoms with Gasteiger partial charge >= 0.3 is 0 Å². The zero-order valence-electron chi connectivity index (χ0n) is 10.1. The Kier molecular flexibility index (Phi) is 2.95. The molecule has 20 heavy (non-hydrogen) atoms. The summed E-state index contributed by atoms with van der Waals surface area (Å²) in [6.45, 7) is 0. The molecule has 2 N–H and O–H groups in total. The van der Waals surface area contributed by atoms with Gasteiger partial charge in [-0.1, -0.05) is 0 Å². The summed E-state index contributed by atoms with van der Waals surface area (Å²) >= 11 is 0. The Morgan fingerprint density at radius 2 is 2.10 bits per heavy atom. The standard InChI is InChI=1S/C11H10N6O2S/c18-20(19,11-4-6-13-15-11)16-9-2-3-10(12-8-9)17-7-1-5-14-17/h1-8,16H,(H,13,15). The fraction of sp³-hybridized carbons (Fsp3) is 0. The van der Waals surface area contributed by atoms with Crippen molar-refractivity contribution in [2.75, 3.05) is 4.72 Å². The molecule has 3 aromatic heterocycles. The van der Waals surface area contributed by atoms with E-state index in [4.69, 9.17) is 0 Å². The van der Waals surface area contributed by atoms with E-state index in [1.165, 1.54) is 18.5 Å². The maximum absolute atomic E-state index is 11.9. The normalized spacial score (nSPS) is 11.4. The maximum Gasteiger partial charge on any atom is 0.278 e. The predicted octanol–water partition coefficient (Wildman–Crippen LogP) is 0.791. The lowest BCUT2D eigenvalue weighted by Crippen LogP contribution is -2.13. The second-order valence-electron chi connectivity index (χ2n) is 3.88. The van der Waals surface area contributed by atoms with E-state index in [0.717, 1.165) is 0 Å². The molecule has 0 aliphatic heterocycles. The van der Waals surface area contributed by atoms with Gasteiger partial charge < -0.3 is 0 Å². The van der Waals surface area contributed by atoms with Crippen LogP contribution in [0.3, 0.4) is 0 Å². The van der Waals surface area contributed by atoms with Crippen LogP contribution < -0.4 is 4.72 Å². The smallest absolute Gasteiger partial charge is 0.277 e. The van der Waals surface area contributed by atoms with E-state index in [1.54, 1.807) is 35.3 Å². The third-order valence-electron chi connectivity index (χ3n) is 2.50. The van der Waals surface area contributed by atoms with Gasteiger partial charge in [0.1, 0.15) is 0 Å². The van der Waals surface area contributed by atoms with Gasteiger partial charge in [0.15, 0.2) is 10.8 Å². The first-order valence-corrected chi connectivity index (χ1v) is 7.12. The highest BCUT2D eigenvalue weighted by Gasteiger charge is 2.15. The molecule has 3 rings (SSSR count).